The Kier molecular flexibility index (Phi) is 6.65. The molecule has 5 nitrogen and oxygen atoms in total. The van der Waals surface area contributed by atoms with E-state index in [0.29, 0.717) is 26.1 Å². The molecule has 2 atom stereocenters. The van der Waals surface area contributed by atoms with E-state index in [0.717, 1.165) is 12.8 Å². The number of ether oxygens (including phenoxy) is 1. The van der Waals surface area contributed by atoms with Crippen LogP contribution in [0.2, 0.25) is 0 Å². The van der Waals surface area contributed by atoms with Crippen molar-refractivity contribution >= 4 is 6.03 Å². The second-order valence-corrected chi connectivity index (χ2v) is 5.90. The normalized spacial score (nSPS) is 19.3. The van der Waals surface area contributed by atoms with Crippen LogP contribution in [0.15, 0.2) is 24.3 Å². The number of halogens is 1. The number of rotatable bonds is 6. The van der Waals surface area contributed by atoms with Gasteiger partial charge in [-0.2, -0.15) is 0 Å². The average Bonchev–Trinajstić information content (AvgIpc) is 2.59. The average molecular weight is 324 g/mol. The lowest BCUT2D eigenvalue weighted by Gasteiger charge is -2.32. The van der Waals surface area contributed by atoms with Crippen LogP contribution >= 0.6 is 0 Å². The van der Waals surface area contributed by atoms with Crippen molar-refractivity contribution in [2.45, 2.75) is 32.3 Å². The molecular weight excluding hydrogens is 299 g/mol. The summed E-state index contributed by atoms with van der Waals surface area (Å²) in [7, 11) is 0. The molecule has 0 radical (unpaired) electrons. The Labute approximate surface area is 136 Å². The highest BCUT2D eigenvalue weighted by Gasteiger charge is 2.23. The number of benzene rings is 1. The first-order valence-electron chi connectivity index (χ1n) is 8.18. The van der Waals surface area contributed by atoms with Crippen LogP contribution in [-0.2, 0) is 0 Å². The van der Waals surface area contributed by atoms with Crippen molar-refractivity contribution in [2.75, 3.05) is 26.2 Å². The zero-order valence-corrected chi connectivity index (χ0v) is 13.5. The molecular formula is C17H25FN2O3. The fourth-order valence-corrected chi connectivity index (χ4v) is 2.70. The van der Waals surface area contributed by atoms with Gasteiger partial charge in [0, 0.05) is 19.7 Å². The number of hydrogen-bond donors (Lipinski definition) is 2. The van der Waals surface area contributed by atoms with Gasteiger partial charge in [0.05, 0.1) is 6.54 Å². The third-order valence-electron chi connectivity index (χ3n) is 4.13. The predicted octanol–water partition coefficient (Wildman–Crippen LogP) is 2.40. The standard InChI is InChI=1S/C17H25FN2O3/c1-2-14(23-16-8-4-3-7-15(16)18)10-19-17(22)20-9-5-6-13(11-20)12-21/h3-4,7-8,13-14,21H,2,5-6,9-12H2,1H3,(H,19,22). The maximum Gasteiger partial charge on any atom is 0.317 e. The molecule has 1 saturated heterocycles. The molecule has 2 N–H and O–H groups in total. The van der Waals surface area contributed by atoms with Crippen LogP contribution in [-0.4, -0.2) is 48.4 Å². The maximum absolute atomic E-state index is 13.6. The van der Waals surface area contributed by atoms with Crippen molar-refractivity contribution in [1.82, 2.24) is 10.2 Å². The zero-order chi connectivity index (χ0) is 16.7. The van der Waals surface area contributed by atoms with Gasteiger partial charge in [0.2, 0.25) is 0 Å². The lowest BCUT2D eigenvalue weighted by atomic mass is 9.99. The Bertz CT molecular complexity index is 512. The molecule has 6 heteroatoms. The van der Waals surface area contributed by atoms with E-state index in [4.69, 9.17) is 4.74 Å². The van der Waals surface area contributed by atoms with Crippen molar-refractivity contribution in [3.05, 3.63) is 30.1 Å². The number of amides is 2. The molecule has 0 aromatic heterocycles. The summed E-state index contributed by atoms with van der Waals surface area (Å²) in [5.41, 5.74) is 0. The zero-order valence-electron chi connectivity index (χ0n) is 13.5. The summed E-state index contributed by atoms with van der Waals surface area (Å²) >= 11 is 0. The van der Waals surface area contributed by atoms with Crippen LogP contribution in [0.4, 0.5) is 9.18 Å². The highest BCUT2D eigenvalue weighted by molar-refractivity contribution is 5.74. The monoisotopic (exact) mass is 324 g/mol. The fraction of sp³-hybridized carbons (Fsp3) is 0.588. The number of nitrogens with zero attached hydrogens (tertiary/aromatic N) is 1. The number of carbonyl (C=O) groups excluding carboxylic acids is 1. The molecule has 2 rings (SSSR count). The number of hydrogen-bond acceptors (Lipinski definition) is 3. The van der Waals surface area contributed by atoms with Crippen LogP contribution in [0, 0.1) is 11.7 Å². The second kappa shape index (κ2) is 8.72. The Hall–Kier alpha value is -1.82. The molecule has 0 bridgehead atoms. The number of nitrogens with one attached hydrogen (secondary N) is 1. The third-order valence-corrected chi connectivity index (χ3v) is 4.13. The first kappa shape index (κ1) is 17.5. The van der Waals surface area contributed by atoms with Gasteiger partial charge in [0.15, 0.2) is 11.6 Å². The van der Waals surface area contributed by atoms with Gasteiger partial charge in [0.1, 0.15) is 6.10 Å². The number of para-hydroxylation sites is 1. The van der Waals surface area contributed by atoms with Crippen molar-refractivity contribution in [2.24, 2.45) is 5.92 Å². The summed E-state index contributed by atoms with van der Waals surface area (Å²) < 4.78 is 19.2. The van der Waals surface area contributed by atoms with E-state index >= 15 is 0 Å². The van der Waals surface area contributed by atoms with Gasteiger partial charge in [-0.1, -0.05) is 19.1 Å². The minimum atomic E-state index is -0.404. The van der Waals surface area contributed by atoms with E-state index in [1.54, 1.807) is 23.1 Å². The molecule has 1 aromatic rings. The second-order valence-electron chi connectivity index (χ2n) is 5.90. The van der Waals surface area contributed by atoms with Gasteiger partial charge in [-0.25, -0.2) is 9.18 Å². The molecule has 23 heavy (non-hydrogen) atoms. The van der Waals surface area contributed by atoms with Crippen LogP contribution in [0.25, 0.3) is 0 Å². The number of aliphatic hydroxyl groups is 1. The van der Waals surface area contributed by atoms with Gasteiger partial charge in [-0.15, -0.1) is 0 Å². The predicted molar refractivity (Wildman–Crippen MR) is 85.9 cm³/mol. The van der Waals surface area contributed by atoms with Gasteiger partial charge >= 0.3 is 6.03 Å². The number of aliphatic hydroxyl groups excluding tert-OH is 1. The fourth-order valence-electron chi connectivity index (χ4n) is 2.70. The maximum atomic E-state index is 13.6. The van der Waals surface area contributed by atoms with Gasteiger partial charge < -0.3 is 20.1 Å². The summed E-state index contributed by atoms with van der Waals surface area (Å²) in [6.45, 7) is 3.64. The lowest BCUT2D eigenvalue weighted by Crippen LogP contribution is -2.48. The Balaban J connectivity index is 1.83. The van der Waals surface area contributed by atoms with Crippen LogP contribution in [0.5, 0.6) is 5.75 Å². The van der Waals surface area contributed by atoms with Crippen molar-refractivity contribution in [1.29, 1.82) is 0 Å². The van der Waals surface area contributed by atoms with Crippen LogP contribution < -0.4 is 10.1 Å². The van der Waals surface area contributed by atoms with Crippen LogP contribution in [0.3, 0.4) is 0 Å². The number of likely N-dealkylation sites (tertiary alicyclic amines) is 1. The molecule has 1 aromatic carbocycles. The van der Waals surface area contributed by atoms with Gasteiger partial charge in [-0.3, -0.25) is 0 Å². The Morgan fingerprint density at radius 1 is 1.52 bits per heavy atom. The molecule has 1 heterocycles. The molecule has 2 amide bonds. The molecule has 128 valence electrons. The molecule has 0 spiro atoms. The molecule has 2 unspecified atom stereocenters. The molecule has 1 aliphatic heterocycles. The Morgan fingerprint density at radius 3 is 3.00 bits per heavy atom. The summed E-state index contributed by atoms with van der Waals surface area (Å²) in [5, 5.41) is 12.1. The highest BCUT2D eigenvalue weighted by Crippen LogP contribution is 2.18. The summed E-state index contributed by atoms with van der Waals surface area (Å²) in [6, 6.07) is 6.10. The lowest BCUT2D eigenvalue weighted by molar-refractivity contribution is 0.125. The van der Waals surface area contributed by atoms with Gasteiger partial charge in [0.25, 0.3) is 0 Å². The quantitative estimate of drug-likeness (QED) is 0.845. The van der Waals surface area contributed by atoms with Crippen molar-refractivity contribution in [3.63, 3.8) is 0 Å². The summed E-state index contributed by atoms with van der Waals surface area (Å²) in [6.07, 6.45) is 2.23. The van der Waals surface area contributed by atoms with E-state index in [2.05, 4.69) is 5.32 Å². The summed E-state index contributed by atoms with van der Waals surface area (Å²) in [4.78, 5) is 13.9. The smallest absolute Gasteiger partial charge is 0.317 e. The first-order chi connectivity index (χ1) is 11.1. The van der Waals surface area contributed by atoms with E-state index in [1.807, 2.05) is 6.92 Å². The largest absolute Gasteiger partial charge is 0.486 e. The van der Waals surface area contributed by atoms with E-state index in [-0.39, 0.29) is 30.4 Å². The number of urea groups is 1. The molecule has 1 aliphatic rings. The van der Waals surface area contributed by atoms with E-state index in [1.165, 1.54) is 6.07 Å². The molecule has 0 saturated carbocycles. The topological polar surface area (TPSA) is 61.8 Å². The molecule has 1 fully saturated rings. The minimum Gasteiger partial charge on any atom is -0.486 e. The van der Waals surface area contributed by atoms with Crippen molar-refractivity contribution < 1.29 is 19.0 Å². The number of carbonyl (C=O) groups is 1. The minimum absolute atomic E-state index is 0.109. The molecule has 0 aliphatic carbocycles. The Morgan fingerprint density at radius 2 is 2.30 bits per heavy atom. The third kappa shape index (κ3) is 5.10. The van der Waals surface area contributed by atoms with E-state index < -0.39 is 5.82 Å². The highest BCUT2D eigenvalue weighted by atomic mass is 19.1. The van der Waals surface area contributed by atoms with E-state index in [9.17, 15) is 14.3 Å². The first-order valence-corrected chi connectivity index (χ1v) is 8.18. The number of piperidine rings is 1. The van der Waals surface area contributed by atoms with Crippen molar-refractivity contribution in [3.8, 4) is 5.75 Å². The van der Waals surface area contributed by atoms with Gasteiger partial charge in [-0.05, 0) is 37.3 Å². The van der Waals surface area contributed by atoms with Crippen LogP contribution in [0.1, 0.15) is 26.2 Å². The summed E-state index contributed by atoms with van der Waals surface area (Å²) in [5.74, 6) is -0.0443. The SMILES string of the molecule is CCC(CNC(=O)N1CCCC(CO)C1)Oc1ccccc1F.